The van der Waals surface area contributed by atoms with Crippen molar-refractivity contribution in [1.29, 1.82) is 0 Å². The molecule has 4 N–H and O–H groups in total. The number of ether oxygens (including phenoxy) is 1. The fourth-order valence-corrected chi connectivity index (χ4v) is 3.99. The SMILES string of the molecule is C[C@@H]1COCCN1c1cnc(N)c(-c2ccc(C(=O)NC(CO)c3ccccc3)c(F)c2)c1. The van der Waals surface area contributed by atoms with Crippen molar-refractivity contribution in [2.24, 2.45) is 0 Å². The lowest BCUT2D eigenvalue weighted by Crippen LogP contribution is -2.43. The Labute approximate surface area is 192 Å². The highest BCUT2D eigenvalue weighted by Gasteiger charge is 2.22. The molecule has 3 aromatic rings. The Kier molecular flexibility index (Phi) is 6.86. The minimum absolute atomic E-state index is 0.113. The normalized spacial score (nSPS) is 16.9. The van der Waals surface area contributed by atoms with Crippen molar-refractivity contribution in [3.05, 3.63) is 77.7 Å². The molecule has 2 heterocycles. The van der Waals surface area contributed by atoms with E-state index in [0.29, 0.717) is 24.3 Å². The molecule has 1 fully saturated rings. The van der Waals surface area contributed by atoms with Crippen LogP contribution in [0.15, 0.2) is 60.8 Å². The molecule has 0 radical (unpaired) electrons. The average Bonchev–Trinajstić information content (AvgIpc) is 2.83. The van der Waals surface area contributed by atoms with Crippen molar-refractivity contribution >= 4 is 17.4 Å². The van der Waals surface area contributed by atoms with Crippen LogP contribution in [0.1, 0.15) is 28.9 Å². The number of hydrogen-bond acceptors (Lipinski definition) is 6. The molecule has 7 nitrogen and oxygen atoms in total. The summed E-state index contributed by atoms with van der Waals surface area (Å²) >= 11 is 0. The molecule has 1 aromatic heterocycles. The third kappa shape index (κ3) is 4.97. The number of nitrogens with one attached hydrogen (secondary N) is 1. The number of halogens is 1. The number of anilines is 2. The zero-order chi connectivity index (χ0) is 23.4. The zero-order valence-corrected chi connectivity index (χ0v) is 18.4. The van der Waals surface area contributed by atoms with E-state index in [9.17, 15) is 14.3 Å². The van der Waals surface area contributed by atoms with Gasteiger partial charge >= 0.3 is 0 Å². The van der Waals surface area contributed by atoms with Crippen LogP contribution in [0.2, 0.25) is 0 Å². The number of benzene rings is 2. The van der Waals surface area contributed by atoms with E-state index in [2.05, 4.69) is 22.1 Å². The number of nitrogens with two attached hydrogens (primary N) is 1. The smallest absolute Gasteiger partial charge is 0.254 e. The molecule has 1 aliphatic heterocycles. The van der Waals surface area contributed by atoms with Crippen LogP contribution in [0.5, 0.6) is 0 Å². The predicted molar refractivity (Wildman–Crippen MR) is 125 cm³/mol. The van der Waals surface area contributed by atoms with Gasteiger partial charge in [0.1, 0.15) is 11.6 Å². The summed E-state index contributed by atoms with van der Waals surface area (Å²) in [7, 11) is 0. The van der Waals surface area contributed by atoms with Gasteiger partial charge in [0.2, 0.25) is 0 Å². The van der Waals surface area contributed by atoms with E-state index in [4.69, 9.17) is 10.5 Å². The number of carbonyl (C=O) groups is 1. The second-order valence-electron chi connectivity index (χ2n) is 8.06. The third-order valence-electron chi connectivity index (χ3n) is 5.82. The molecule has 0 spiro atoms. The fraction of sp³-hybridized carbons (Fsp3) is 0.280. The lowest BCUT2D eigenvalue weighted by Gasteiger charge is -2.35. The lowest BCUT2D eigenvalue weighted by molar-refractivity contribution is 0.0912. The maximum absolute atomic E-state index is 15.0. The average molecular weight is 451 g/mol. The summed E-state index contributed by atoms with van der Waals surface area (Å²) in [5, 5.41) is 12.4. The Bertz CT molecular complexity index is 1130. The molecule has 172 valence electrons. The van der Waals surface area contributed by atoms with Gasteiger partial charge in [-0.1, -0.05) is 36.4 Å². The van der Waals surface area contributed by atoms with Gasteiger partial charge < -0.3 is 25.8 Å². The second-order valence-corrected chi connectivity index (χ2v) is 8.06. The van der Waals surface area contributed by atoms with Gasteiger partial charge in [0.15, 0.2) is 0 Å². The molecule has 0 saturated carbocycles. The summed E-state index contributed by atoms with van der Waals surface area (Å²) in [4.78, 5) is 19.2. The Morgan fingerprint density at radius 2 is 2.09 bits per heavy atom. The van der Waals surface area contributed by atoms with Crippen LogP contribution in [0.25, 0.3) is 11.1 Å². The van der Waals surface area contributed by atoms with Gasteiger partial charge in [-0.05, 0) is 36.2 Å². The molecular formula is C25H27FN4O3. The number of aromatic nitrogens is 1. The number of carbonyl (C=O) groups excluding carboxylic acids is 1. The van der Waals surface area contributed by atoms with E-state index in [0.717, 1.165) is 17.8 Å². The summed E-state index contributed by atoms with van der Waals surface area (Å²) in [5.74, 6) is -1.01. The van der Waals surface area contributed by atoms with Crippen LogP contribution >= 0.6 is 0 Å². The van der Waals surface area contributed by atoms with E-state index >= 15 is 0 Å². The van der Waals surface area contributed by atoms with Gasteiger partial charge in [-0.25, -0.2) is 9.37 Å². The Hall–Kier alpha value is -3.49. The molecular weight excluding hydrogens is 423 g/mol. The molecule has 2 aromatic carbocycles. The molecule has 2 atom stereocenters. The van der Waals surface area contributed by atoms with Crippen LogP contribution < -0.4 is 16.0 Å². The van der Waals surface area contributed by atoms with Crippen molar-refractivity contribution in [3.63, 3.8) is 0 Å². The van der Waals surface area contributed by atoms with Crippen LogP contribution in [0, 0.1) is 5.82 Å². The number of pyridine rings is 1. The summed E-state index contributed by atoms with van der Waals surface area (Å²) in [6, 6.07) is 14.8. The number of nitrogens with zero attached hydrogens (tertiary/aromatic N) is 2. The number of rotatable bonds is 6. The maximum atomic E-state index is 15.0. The van der Waals surface area contributed by atoms with Gasteiger partial charge in [0, 0.05) is 18.2 Å². The van der Waals surface area contributed by atoms with Gasteiger partial charge in [0.05, 0.1) is 43.3 Å². The molecule has 33 heavy (non-hydrogen) atoms. The quantitative estimate of drug-likeness (QED) is 0.533. The van der Waals surface area contributed by atoms with Crippen LogP contribution in [0.4, 0.5) is 15.9 Å². The van der Waals surface area contributed by atoms with E-state index < -0.39 is 17.8 Å². The first-order valence-corrected chi connectivity index (χ1v) is 10.8. The molecule has 1 amide bonds. The second kappa shape index (κ2) is 9.97. The van der Waals surface area contributed by atoms with E-state index in [1.807, 2.05) is 24.3 Å². The van der Waals surface area contributed by atoms with Crippen LogP contribution in [0.3, 0.4) is 0 Å². The first-order chi connectivity index (χ1) is 16.0. The van der Waals surface area contributed by atoms with Crippen molar-refractivity contribution < 1.29 is 19.0 Å². The molecule has 1 unspecified atom stereocenters. The van der Waals surface area contributed by atoms with Crippen molar-refractivity contribution in [1.82, 2.24) is 10.3 Å². The molecule has 1 saturated heterocycles. The Morgan fingerprint density at radius 3 is 2.79 bits per heavy atom. The fourth-order valence-electron chi connectivity index (χ4n) is 3.99. The number of nitrogen functional groups attached to an aromatic ring is 1. The standard InChI is InChI=1S/C25H27FN4O3/c1-16-15-33-10-9-30(16)19-12-21(24(27)28-13-19)18-7-8-20(22(26)11-18)25(32)29-23(14-31)17-5-3-2-4-6-17/h2-8,11-13,16,23,31H,9-10,14-15H2,1H3,(H2,27,28)(H,29,32)/t16-,23?/m1/s1. The first-order valence-electron chi connectivity index (χ1n) is 10.8. The highest BCUT2D eigenvalue weighted by Crippen LogP contribution is 2.31. The van der Waals surface area contributed by atoms with Crippen molar-refractivity contribution in [3.8, 4) is 11.1 Å². The van der Waals surface area contributed by atoms with Crippen molar-refractivity contribution in [2.75, 3.05) is 37.0 Å². The largest absolute Gasteiger partial charge is 0.394 e. The van der Waals surface area contributed by atoms with Crippen LogP contribution in [-0.2, 0) is 4.74 Å². The van der Waals surface area contributed by atoms with E-state index in [1.54, 1.807) is 24.4 Å². The number of amides is 1. The highest BCUT2D eigenvalue weighted by atomic mass is 19.1. The molecule has 0 bridgehead atoms. The predicted octanol–water partition coefficient (Wildman–Crippen LogP) is 3.16. The third-order valence-corrected chi connectivity index (χ3v) is 5.82. The Morgan fingerprint density at radius 1 is 1.30 bits per heavy atom. The summed E-state index contributed by atoms with van der Waals surface area (Å²) in [6.07, 6.45) is 1.71. The van der Waals surface area contributed by atoms with Gasteiger partial charge in [-0.15, -0.1) is 0 Å². The zero-order valence-electron chi connectivity index (χ0n) is 18.4. The topological polar surface area (TPSA) is 101 Å². The number of hydrogen-bond donors (Lipinski definition) is 3. The summed E-state index contributed by atoms with van der Waals surface area (Å²) < 4.78 is 20.5. The monoisotopic (exact) mass is 450 g/mol. The highest BCUT2D eigenvalue weighted by molar-refractivity contribution is 5.95. The Balaban J connectivity index is 1.57. The molecule has 0 aliphatic carbocycles. The molecule has 8 heteroatoms. The first kappa shape index (κ1) is 22.7. The van der Waals surface area contributed by atoms with Gasteiger partial charge in [-0.2, -0.15) is 0 Å². The van der Waals surface area contributed by atoms with Gasteiger partial charge in [-0.3, -0.25) is 4.79 Å². The maximum Gasteiger partial charge on any atom is 0.254 e. The lowest BCUT2D eigenvalue weighted by atomic mass is 10.0. The van der Waals surface area contributed by atoms with Gasteiger partial charge in [0.25, 0.3) is 5.91 Å². The molecule has 1 aliphatic rings. The van der Waals surface area contributed by atoms with E-state index in [1.165, 1.54) is 12.1 Å². The van der Waals surface area contributed by atoms with Crippen LogP contribution in [-0.4, -0.2) is 48.4 Å². The number of morpholine rings is 1. The summed E-state index contributed by atoms with van der Waals surface area (Å²) in [5.41, 5.74) is 8.72. The van der Waals surface area contributed by atoms with E-state index in [-0.39, 0.29) is 24.0 Å². The number of aliphatic hydroxyl groups is 1. The minimum atomic E-state index is -0.681. The number of aliphatic hydroxyl groups excluding tert-OH is 1. The van der Waals surface area contributed by atoms with Crippen molar-refractivity contribution in [2.45, 2.75) is 19.0 Å². The summed E-state index contributed by atoms with van der Waals surface area (Å²) in [6.45, 7) is 3.74. The molecule has 4 rings (SSSR count). The minimum Gasteiger partial charge on any atom is -0.394 e.